The molecule has 2 aliphatic heterocycles. The van der Waals surface area contributed by atoms with Crippen LogP contribution in [0, 0.1) is 0 Å². The molecule has 2 heterocycles. The lowest BCUT2D eigenvalue weighted by Crippen LogP contribution is -2.50. The number of likely N-dealkylation sites (tertiary alicyclic amines) is 1. The lowest BCUT2D eigenvalue weighted by Gasteiger charge is -2.37. The first kappa shape index (κ1) is 20.2. The first-order valence-corrected chi connectivity index (χ1v) is 10.6. The molecule has 2 fully saturated rings. The van der Waals surface area contributed by atoms with Crippen LogP contribution in [0.3, 0.4) is 0 Å². The monoisotopic (exact) mass is 397 g/mol. The quantitative estimate of drug-likeness (QED) is 0.774. The van der Waals surface area contributed by atoms with Crippen molar-refractivity contribution in [3.05, 3.63) is 24.3 Å². The normalized spacial score (nSPS) is 22.3. The van der Waals surface area contributed by atoms with Crippen molar-refractivity contribution in [2.24, 2.45) is 0 Å². The second-order valence-electron chi connectivity index (χ2n) is 7.01. The van der Waals surface area contributed by atoms with E-state index in [1.807, 2.05) is 0 Å². The van der Waals surface area contributed by atoms with Crippen molar-refractivity contribution in [2.75, 3.05) is 45.7 Å². The number of carbonyl (C=O) groups is 1. The smallest absolute Gasteiger partial charge is 0.242 e. The number of anilines is 1. The summed E-state index contributed by atoms with van der Waals surface area (Å²) >= 11 is 0. The van der Waals surface area contributed by atoms with Crippen molar-refractivity contribution >= 4 is 21.6 Å². The summed E-state index contributed by atoms with van der Waals surface area (Å²) in [6.45, 7) is 2.22. The highest BCUT2D eigenvalue weighted by molar-refractivity contribution is 7.89. The van der Waals surface area contributed by atoms with Gasteiger partial charge >= 0.3 is 0 Å². The fourth-order valence-corrected chi connectivity index (χ4v) is 4.40. The van der Waals surface area contributed by atoms with Crippen molar-refractivity contribution in [1.82, 2.24) is 9.21 Å². The summed E-state index contributed by atoms with van der Waals surface area (Å²) < 4.78 is 36.9. The van der Waals surface area contributed by atoms with Crippen molar-refractivity contribution in [2.45, 2.75) is 36.5 Å². The molecule has 0 radical (unpaired) electrons. The minimum Gasteiger partial charge on any atom is -0.349 e. The highest BCUT2D eigenvalue weighted by Crippen LogP contribution is 2.24. The Balaban J connectivity index is 1.65. The van der Waals surface area contributed by atoms with Gasteiger partial charge in [0.25, 0.3) is 0 Å². The zero-order valence-electron chi connectivity index (χ0n) is 15.8. The maximum atomic E-state index is 12.5. The van der Waals surface area contributed by atoms with E-state index in [0.717, 1.165) is 30.1 Å². The van der Waals surface area contributed by atoms with Gasteiger partial charge in [-0.25, -0.2) is 12.7 Å². The largest absolute Gasteiger partial charge is 0.349 e. The summed E-state index contributed by atoms with van der Waals surface area (Å²) in [5, 5.41) is 2.81. The highest BCUT2D eigenvalue weighted by Gasteiger charge is 2.34. The van der Waals surface area contributed by atoms with Gasteiger partial charge in [0, 0.05) is 19.8 Å². The number of hydrogen-bond donors (Lipinski definition) is 1. The number of piperidine rings is 1. The molecule has 2 saturated heterocycles. The van der Waals surface area contributed by atoms with E-state index in [4.69, 9.17) is 9.47 Å². The van der Waals surface area contributed by atoms with Crippen LogP contribution in [0.2, 0.25) is 0 Å². The average Bonchev–Trinajstić information content (AvgIpc) is 3.16. The van der Waals surface area contributed by atoms with Gasteiger partial charge in [-0.1, -0.05) is 12.5 Å². The standard InChI is InChI=1S/C18H27N3O5S/c1-20(2)27(23,24)15-7-5-6-14(12-15)19-17(22)13-21-9-4-3-8-16(21)18-25-10-11-26-18/h5-7,12,16,18H,3-4,8-11,13H2,1-2H3,(H,19,22). The van der Waals surface area contributed by atoms with Crippen LogP contribution in [0.1, 0.15) is 19.3 Å². The Morgan fingerprint density at radius 1 is 1.26 bits per heavy atom. The van der Waals surface area contributed by atoms with Crippen LogP contribution >= 0.6 is 0 Å². The molecule has 8 nitrogen and oxygen atoms in total. The van der Waals surface area contributed by atoms with Crippen LogP contribution in [0.25, 0.3) is 0 Å². The van der Waals surface area contributed by atoms with Crippen LogP contribution in [-0.2, 0) is 24.3 Å². The van der Waals surface area contributed by atoms with E-state index in [1.165, 1.54) is 26.2 Å². The summed E-state index contributed by atoms with van der Waals surface area (Å²) in [4.78, 5) is 14.8. The Hall–Kier alpha value is -1.52. The van der Waals surface area contributed by atoms with Gasteiger partial charge in [-0.15, -0.1) is 0 Å². The van der Waals surface area contributed by atoms with Crippen molar-refractivity contribution < 1.29 is 22.7 Å². The van der Waals surface area contributed by atoms with Gasteiger partial charge in [0.15, 0.2) is 6.29 Å². The van der Waals surface area contributed by atoms with Gasteiger partial charge < -0.3 is 14.8 Å². The molecule has 2 aliphatic rings. The van der Waals surface area contributed by atoms with Crippen LogP contribution in [0.5, 0.6) is 0 Å². The molecule has 1 aromatic rings. The molecule has 9 heteroatoms. The number of amides is 1. The van der Waals surface area contributed by atoms with Crippen molar-refractivity contribution in [3.63, 3.8) is 0 Å². The van der Waals surface area contributed by atoms with Gasteiger partial charge in [-0.3, -0.25) is 9.69 Å². The Kier molecular flexibility index (Phi) is 6.48. The molecule has 3 rings (SSSR count). The van der Waals surface area contributed by atoms with E-state index in [9.17, 15) is 13.2 Å². The molecule has 1 amide bonds. The van der Waals surface area contributed by atoms with Crippen LogP contribution < -0.4 is 5.32 Å². The minimum absolute atomic E-state index is 0.0763. The highest BCUT2D eigenvalue weighted by atomic mass is 32.2. The molecular weight excluding hydrogens is 370 g/mol. The molecule has 0 aromatic heterocycles. The first-order chi connectivity index (χ1) is 12.9. The summed E-state index contributed by atoms with van der Waals surface area (Å²) in [7, 11) is -0.591. The van der Waals surface area contributed by atoms with E-state index in [-0.39, 0.29) is 29.7 Å². The van der Waals surface area contributed by atoms with Gasteiger partial charge in [-0.05, 0) is 37.6 Å². The Morgan fingerprint density at radius 2 is 2.00 bits per heavy atom. The number of carbonyl (C=O) groups excluding carboxylic acids is 1. The third-order valence-electron chi connectivity index (χ3n) is 4.87. The Bertz CT molecular complexity index is 762. The molecule has 1 unspecified atom stereocenters. The molecular formula is C18H27N3O5S. The number of rotatable bonds is 6. The molecule has 0 bridgehead atoms. The van der Waals surface area contributed by atoms with Crippen LogP contribution in [0.15, 0.2) is 29.2 Å². The summed E-state index contributed by atoms with van der Waals surface area (Å²) in [6, 6.07) is 6.37. The topological polar surface area (TPSA) is 88.2 Å². The fourth-order valence-electron chi connectivity index (χ4n) is 3.45. The van der Waals surface area contributed by atoms with E-state index in [1.54, 1.807) is 12.1 Å². The molecule has 1 atom stereocenters. The predicted octanol–water partition coefficient (Wildman–Crippen LogP) is 1.10. The second kappa shape index (κ2) is 8.66. The second-order valence-corrected chi connectivity index (χ2v) is 9.16. The van der Waals surface area contributed by atoms with Gasteiger partial charge in [0.05, 0.1) is 30.7 Å². The molecule has 27 heavy (non-hydrogen) atoms. The lowest BCUT2D eigenvalue weighted by molar-refractivity contribution is -0.127. The maximum absolute atomic E-state index is 12.5. The van der Waals surface area contributed by atoms with Crippen LogP contribution in [0.4, 0.5) is 5.69 Å². The Morgan fingerprint density at radius 3 is 2.70 bits per heavy atom. The molecule has 0 saturated carbocycles. The molecule has 0 spiro atoms. The predicted molar refractivity (Wildman–Crippen MR) is 101 cm³/mol. The Labute approximate surface area is 160 Å². The van der Waals surface area contributed by atoms with Gasteiger partial charge in [0.1, 0.15) is 0 Å². The third kappa shape index (κ3) is 4.85. The summed E-state index contributed by atoms with van der Waals surface area (Å²) in [5.74, 6) is -0.181. The number of nitrogens with one attached hydrogen (secondary N) is 1. The number of nitrogens with zero attached hydrogens (tertiary/aromatic N) is 2. The number of hydrogen-bond acceptors (Lipinski definition) is 6. The number of ether oxygens (including phenoxy) is 2. The summed E-state index contributed by atoms with van der Waals surface area (Å²) in [5.41, 5.74) is 0.463. The maximum Gasteiger partial charge on any atom is 0.242 e. The number of sulfonamides is 1. The van der Waals surface area contributed by atoms with Crippen LogP contribution in [-0.4, -0.2) is 76.3 Å². The molecule has 1 aromatic carbocycles. The van der Waals surface area contributed by atoms with Gasteiger partial charge in [-0.2, -0.15) is 0 Å². The third-order valence-corrected chi connectivity index (χ3v) is 6.68. The molecule has 150 valence electrons. The van der Waals surface area contributed by atoms with E-state index >= 15 is 0 Å². The van der Waals surface area contributed by atoms with E-state index < -0.39 is 10.0 Å². The first-order valence-electron chi connectivity index (χ1n) is 9.17. The molecule has 0 aliphatic carbocycles. The average molecular weight is 397 g/mol. The zero-order valence-corrected chi connectivity index (χ0v) is 16.6. The SMILES string of the molecule is CN(C)S(=O)(=O)c1cccc(NC(=O)CN2CCCCC2C2OCCO2)c1. The van der Waals surface area contributed by atoms with Crippen molar-refractivity contribution in [1.29, 1.82) is 0 Å². The number of benzene rings is 1. The van der Waals surface area contributed by atoms with Crippen molar-refractivity contribution in [3.8, 4) is 0 Å². The molecule has 1 N–H and O–H groups in total. The fraction of sp³-hybridized carbons (Fsp3) is 0.611. The summed E-state index contributed by atoms with van der Waals surface area (Å²) in [6.07, 6.45) is 2.80. The minimum atomic E-state index is -3.54. The van der Waals surface area contributed by atoms with E-state index in [2.05, 4.69) is 10.2 Å². The van der Waals surface area contributed by atoms with Gasteiger partial charge in [0.2, 0.25) is 15.9 Å². The van der Waals surface area contributed by atoms with E-state index in [0.29, 0.717) is 18.9 Å². The lowest BCUT2D eigenvalue weighted by atomic mass is 10.0. The zero-order chi connectivity index (χ0) is 19.4.